The Labute approximate surface area is 164 Å². The molecular formula is C28H18. The van der Waals surface area contributed by atoms with Crippen LogP contribution >= 0.6 is 0 Å². The number of hydrogen-bond acceptors (Lipinski definition) is 0. The minimum Gasteiger partial charge on any atom is -0.0619 e. The second kappa shape index (κ2) is 4.72. The third-order valence-electron chi connectivity index (χ3n) is 6.86. The fourth-order valence-corrected chi connectivity index (χ4v) is 5.96. The van der Waals surface area contributed by atoms with Gasteiger partial charge < -0.3 is 0 Å². The number of aryl methyl sites for hydroxylation is 1. The Morgan fingerprint density at radius 2 is 1.11 bits per heavy atom. The summed E-state index contributed by atoms with van der Waals surface area (Å²) >= 11 is 0. The van der Waals surface area contributed by atoms with Crippen LogP contribution in [-0.2, 0) is 5.41 Å². The maximum atomic E-state index is 2.43. The van der Waals surface area contributed by atoms with Crippen LogP contribution < -0.4 is 0 Å². The van der Waals surface area contributed by atoms with Crippen LogP contribution in [0.4, 0.5) is 0 Å². The van der Waals surface area contributed by atoms with Crippen molar-refractivity contribution in [3.8, 4) is 11.1 Å². The van der Waals surface area contributed by atoms with E-state index < -0.39 is 0 Å². The number of fused-ring (bicyclic) bond motifs is 7. The van der Waals surface area contributed by atoms with E-state index in [2.05, 4.69) is 97.9 Å². The highest BCUT2D eigenvalue weighted by atomic mass is 14.5. The lowest BCUT2D eigenvalue weighted by Gasteiger charge is -2.31. The molecule has 0 aromatic heterocycles. The van der Waals surface area contributed by atoms with E-state index in [0.717, 1.165) is 0 Å². The molecule has 7 rings (SSSR count). The van der Waals surface area contributed by atoms with Gasteiger partial charge in [-0.1, -0.05) is 96.6 Å². The van der Waals surface area contributed by atoms with Crippen molar-refractivity contribution in [1.82, 2.24) is 0 Å². The predicted octanol–water partition coefficient (Wildman–Crippen LogP) is 6.98. The summed E-state index contributed by atoms with van der Waals surface area (Å²) in [5.74, 6) is 0. The summed E-state index contributed by atoms with van der Waals surface area (Å²) in [6.07, 6.45) is 0. The molecule has 0 nitrogen and oxygen atoms in total. The summed E-state index contributed by atoms with van der Waals surface area (Å²) in [4.78, 5) is 0. The van der Waals surface area contributed by atoms with Crippen molar-refractivity contribution in [2.45, 2.75) is 12.3 Å². The van der Waals surface area contributed by atoms with Gasteiger partial charge in [0.25, 0.3) is 0 Å². The van der Waals surface area contributed by atoms with Gasteiger partial charge in [-0.25, -0.2) is 0 Å². The summed E-state index contributed by atoms with van der Waals surface area (Å²) in [6, 6.07) is 34.2. The maximum Gasteiger partial charge on any atom is 0.0726 e. The Bertz CT molecular complexity index is 1420. The fourth-order valence-electron chi connectivity index (χ4n) is 5.96. The lowest BCUT2D eigenvalue weighted by molar-refractivity contribution is 0.796. The average Bonchev–Trinajstić information content (AvgIpc) is 3.20. The molecule has 5 aromatic rings. The molecule has 0 unspecified atom stereocenters. The molecule has 28 heavy (non-hydrogen) atoms. The molecule has 130 valence electrons. The summed E-state index contributed by atoms with van der Waals surface area (Å²) < 4.78 is 0. The zero-order valence-corrected chi connectivity index (χ0v) is 15.7. The third-order valence-corrected chi connectivity index (χ3v) is 6.86. The Balaban J connectivity index is 1.82. The monoisotopic (exact) mass is 354 g/mol. The molecule has 5 aromatic carbocycles. The molecule has 0 fully saturated rings. The SMILES string of the molecule is Cc1cc2c3c(ccc4cccc(c43)C23c2ccccc2-c2ccccc23)c1. The molecule has 0 bridgehead atoms. The Kier molecular flexibility index (Phi) is 2.47. The van der Waals surface area contributed by atoms with Crippen LogP contribution in [0.25, 0.3) is 32.7 Å². The Hall–Kier alpha value is -3.38. The van der Waals surface area contributed by atoms with Crippen LogP contribution in [0.1, 0.15) is 27.8 Å². The van der Waals surface area contributed by atoms with Gasteiger partial charge in [0.1, 0.15) is 0 Å². The summed E-state index contributed by atoms with van der Waals surface area (Å²) in [5.41, 5.74) is 9.60. The predicted molar refractivity (Wildman–Crippen MR) is 117 cm³/mol. The highest BCUT2D eigenvalue weighted by Gasteiger charge is 2.50. The van der Waals surface area contributed by atoms with Crippen molar-refractivity contribution in [3.05, 3.63) is 119 Å². The second-order valence-corrected chi connectivity index (χ2v) is 8.22. The smallest absolute Gasteiger partial charge is 0.0619 e. The molecule has 1 spiro atoms. The molecular weight excluding hydrogens is 336 g/mol. The van der Waals surface area contributed by atoms with Crippen LogP contribution in [-0.4, -0.2) is 0 Å². The van der Waals surface area contributed by atoms with Crippen LogP contribution in [0.3, 0.4) is 0 Å². The quantitative estimate of drug-likeness (QED) is 0.258. The van der Waals surface area contributed by atoms with E-state index in [9.17, 15) is 0 Å². The molecule has 2 aliphatic rings. The molecule has 0 saturated carbocycles. The normalized spacial score (nSPS) is 14.9. The van der Waals surface area contributed by atoms with E-state index in [0.29, 0.717) is 0 Å². The van der Waals surface area contributed by atoms with E-state index in [-0.39, 0.29) is 5.41 Å². The lowest BCUT2D eigenvalue weighted by Crippen LogP contribution is -2.26. The van der Waals surface area contributed by atoms with Crippen LogP contribution in [0, 0.1) is 6.92 Å². The first kappa shape index (κ1) is 14.6. The standard InChI is InChI=1S/C28H18/c1-17-15-19-14-13-18-7-6-12-24-26(18)27(19)25(16-17)28(24)22-10-4-2-8-20(22)21-9-3-5-11-23(21)28/h2-16H,1H3. The Morgan fingerprint density at radius 3 is 1.86 bits per heavy atom. The summed E-state index contributed by atoms with van der Waals surface area (Å²) in [6.45, 7) is 2.23. The molecule has 0 saturated heterocycles. The lowest BCUT2D eigenvalue weighted by atomic mass is 9.70. The van der Waals surface area contributed by atoms with Gasteiger partial charge in [0, 0.05) is 0 Å². The highest BCUT2D eigenvalue weighted by molar-refractivity contribution is 6.17. The van der Waals surface area contributed by atoms with Crippen molar-refractivity contribution >= 4 is 21.5 Å². The van der Waals surface area contributed by atoms with Crippen LogP contribution in [0.5, 0.6) is 0 Å². The fraction of sp³-hybridized carbons (Fsp3) is 0.0714. The topological polar surface area (TPSA) is 0 Å². The number of rotatable bonds is 0. The first-order valence-electron chi connectivity index (χ1n) is 9.96. The summed E-state index contributed by atoms with van der Waals surface area (Å²) in [5, 5.41) is 5.56. The molecule has 0 N–H and O–H groups in total. The third kappa shape index (κ3) is 1.44. The van der Waals surface area contributed by atoms with Crippen molar-refractivity contribution < 1.29 is 0 Å². The maximum absolute atomic E-state index is 2.43. The van der Waals surface area contributed by atoms with Gasteiger partial charge >= 0.3 is 0 Å². The van der Waals surface area contributed by atoms with Crippen molar-refractivity contribution in [1.29, 1.82) is 0 Å². The first-order chi connectivity index (χ1) is 13.8. The second-order valence-electron chi connectivity index (χ2n) is 8.22. The van der Waals surface area contributed by atoms with Crippen molar-refractivity contribution in [2.24, 2.45) is 0 Å². The van der Waals surface area contributed by atoms with E-state index in [1.165, 1.54) is 60.5 Å². The van der Waals surface area contributed by atoms with E-state index in [1.807, 2.05) is 0 Å². The molecule has 0 heterocycles. The van der Waals surface area contributed by atoms with Gasteiger partial charge in [-0.15, -0.1) is 0 Å². The van der Waals surface area contributed by atoms with Gasteiger partial charge in [-0.2, -0.15) is 0 Å². The van der Waals surface area contributed by atoms with Crippen molar-refractivity contribution in [2.75, 3.05) is 0 Å². The van der Waals surface area contributed by atoms with Gasteiger partial charge in [0.05, 0.1) is 5.41 Å². The minimum absolute atomic E-state index is 0.208. The Morgan fingerprint density at radius 1 is 0.500 bits per heavy atom. The number of hydrogen-bond donors (Lipinski definition) is 0. The van der Waals surface area contributed by atoms with Crippen LogP contribution in [0.2, 0.25) is 0 Å². The zero-order chi connectivity index (χ0) is 18.5. The first-order valence-corrected chi connectivity index (χ1v) is 9.96. The highest BCUT2D eigenvalue weighted by Crippen LogP contribution is 2.62. The summed E-state index contributed by atoms with van der Waals surface area (Å²) in [7, 11) is 0. The molecule has 0 aliphatic heterocycles. The van der Waals surface area contributed by atoms with Gasteiger partial charge in [0.15, 0.2) is 0 Å². The van der Waals surface area contributed by atoms with Gasteiger partial charge in [-0.3, -0.25) is 0 Å². The largest absolute Gasteiger partial charge is 0.0726 e. The molecule has 2 aliphatic carbocycles. The minimum atomic E-state index is -0.208. The number of benzene rings is 5. The van der Waals surface area contributed by atoms with E-state index >= 15 is 0 Å². The van der Waals surface area contributed by atoms with E-state index in [1.54, 1.807) is 0 Å². The van der Waals surface area contributed by atoms with Crippen LogP contribution in [0.15, 0.2) is 91.0 Å². The van der Waals surface area contributed by atoms with Crippen molar-refractivity contribution in [3.63, 3.8) is 0 Å². The zero-order valence-electron chi connectivity index (χ0n) is 15.7. The van der Waals surface area contributed by atoms with Gasteiger partial charge in [0.2, 0.25) is 0 Å². The molecule has 0 radical (unpaired) electrons. The van der Waals surface area contributed by atoms with E-state index in [4.69, 9.17) is 0 Å². The molecule has 0 heteroatoms. The molecule has 0 atom stereocenters. The average molecular weight is 354 g/mol. The van der Waals surface area contributed by atoms with Gasteiger partial charge in [-0.05, 0) is 61.8 Å². The molecule has 0 amide bonds.